The van der Waals surface area contributed by atoms with Crippen LogP contribution in [0.2, 0.25) is 0 Å². The molecule has 0 aromatic heterocycles. The third-order valence-electron chi connectivity index (χ3n) is 6.19. The van der Waals surface area contributed by atoms with Crippen LogP contribution < -0.4 is 0 Å². The second-order valence-electron chi connectivity index (χ2n) is 9.64. The summed E-state index contributed by atoms with van der Waals surface area (Å²) in [6, 6.07) is 0. The predicted molar refractivity (Wildman–Crippen MR) is 150 cm³/mol. The van der Waals surface area contributed by atoms with Gasteiger partial charge in [0.25, 0.3) is 0 Å². The number of rotatable bonds is 27. The van der Waals surface area contributed by atoms with Gasteiger partial charge in [-0.3, -0.25) is 4.52 Å². The fraction of sp³-hybridized carbons (Fsp3) is 0.963. The van der Waals surface area contributed by atoms with E-state index in [4.69, 9.17) is 14.1 Å². The Hall–Kier alpha value is -0.0700. The summed E-state index contributed by atoms with van der Waals surface area (Å²) in [7, 11) is -4.32. The molecule has 0 fully saturated rings. The Morgan fingerprint density at radius 2 is 1.26 bits per heavy atom. The number of carboxylic acid groups (broad SMARTS) is 1. The third-order valence-corrected chi connectivity index (χ3v) is 9.03. The van der Waals surface area contributed by atoms with Crippen LogP contribution in [0.4, 0.5) is 4.79 Å². The van der Waals surface area contributed by atoms with E-state index in [0.717, 1.165) is 18.6 Å². The SMILES string of the molecule is CCCCCCCCCCCCCSC(CCCCCCC)C(C)OOP(=O)(OCCC)C(=O)O. The molecule has 0 radical (unpaired) electrons. The molecule has 8 heteroatoms. The quantitative estimate of drug-likeness (QED) is 0.0482. The zero-order valence-corrected chi connectivity index (χ0v) is 24.9. The average molecular weight is 539 g/mol. The zero-order chi connectivity index (χ0) is 26.2. The smallest absolute Gasteiger partial charge is 0.464 e. The molecule has 0 spiro atoms. The molecule has 0 saturated carbocycles. The first-order valence-electron chi connectivity index (χ1n) is 14.4. The third kappa shape index (κ3) is 19.7. The highest BCUT2D eigenvalue weighted by Gasteiger charge is 2.38. The van der Waals surface area contributed by atoms with Gasteiger partial charge in [-0.2, -0.15) is 11.8 Å². The second kappa shape index (κ2) is 24.3. The van der Waals surface area contributed by atoms with Crippen molar-refractivity contribution in [3.8, 4) is 0 Å². The summed E-state index contributed by atoms with van der Waals surface area (Å²) in [5.74, 6) is 1.05. The minimum absolute atomic E-state index is 0.0514. The van der Waals surface area contributed by atoms with Crippen molar-refractivity contribution in [3.05, 3.63) is 0 Å². The Balaban J connectivity index is 4.34. The highest BCUT2D eigenvalue weighted by Crippen LogP contribution is 2.49. The number of carbonyl (C=O) groups is 1. The predicted octanol–water partition coefficient (Wildman–Crippen LogP) is 10.4. The van der Waals surface area contributed by atoms with Crippen molar-refractivity contribution < 1.29 is 28.6 Å². The van der Waals surface area contributed by atoms with Gasteiger partial charge in [-0.15, -0.1) is 4.67 Å². The molecule has 210 valence electrons. The first kappa shape index (κ1) is 34.9. The lowest BCUT2D eigenvalue weighted by Gasteiger charge is -2.24. The van der Waals surface area contributed by atoms with Gasteiger partial charge in [-0.05, 0) is 31.9 Å². The molecular weight excluding hydrogens is 483 g/mol. The van der Waals surface area contributed by atoms with Crippen LogP contribution in [0.5, 0.6) is 0 Å². The maximum Gasteiger partial charge on any atom is 0.464 e. The molecule has 6 nitrogen and oxygen atoms in total. The van der Waals surface area contributed by atoms with Crippen molar-refractivity contribution in [3.63, 3.8) is 0 Å². The summed E-state index contributed by atoms with van der Waals surface area (Å²) in [5.41, 5.74) is -1.61. The van der Waals surface area contributed by atoms with Crippen LogP contribution in [0.3, 0.4) is 0 Å². The summed E-state index contributed by atoms with van der Waals surface area (Å²) in [4.78, 5) is 16.8. The van der Waals surface area contributed by atoms with Crippen molar-refractivity contribution in [1.82, 2.24) is 0 Å². The van der Waals surface area contributed by atoms with E-state index in [1.165, 1.54) is 96.3 Å². The molecule has 0 aliphatic rings. The molecule has 3 atom stereocenters. The normalized spacial score (nSPS) is 15.1. The van der Waals surface area contributed by atoms with Gasteiger partial charge in [0.2, 0.25) is 0 Å². The second-order valence-corrected chi connectivity index (χ2v) is 12.8. The molecule has 35 heavy (non-hydrogen) atoms. The average Bonchev–Trinajstić information content (AvgIpc) is 2.85. The molecule has 1 N–H and O–H groups in total. The Morgan fingerprint density at radius 3 is 1.74 bits per heavy atom. The molecule has 0 aromatic rings. The van der Waals surface area contributed by atoms with Crippen molar-refractivity contribution >= 4 is 25.1 Å². The molecule has 0 saturated heterocycles. The molecule has 3 unspecified atom stereocenters. The highest BCUT2D eigenvalue weighted by atomic mass is 32.2. The van der Waals surface area contributed by atoms with Crippen molar-refractivity contribution in [2.45, 2.75) is 155 Å². The van der Waals surface area contributed by atoms with Gasteiger partial charge < -0.3 is 5.11 Å². The van der Waals surface area contributed by atoms with Gasteiger partial charge in [0.05, 0.1) is 6.61 Å². The largest absolute Gasteiger partial charge is 0.472 e. The minimum atomic E-state index is -4.32. The Bertz CT molecular complexity index is 534. The lowest BCUT2D eigenvalue weighted by atomic mass is 10.1. The minimum Gasteiger partial charge on any atom is -0.472 e. The lowest BCUT2D eigenvalue weighted by Crippen LogP contribution is -2.24. The molecule has 0 aliphatic carbocycles. The van der Waals surface area contributed by atoms with Crippen LogP contribution >= 0.6 is 19.4 Å². The molecule has 0 bridgehead atoms. The number of thioether (sulfide) groups is 1. The van der Waals surface area contributed by atoms with E-state index in [0.29, 0.717) is 6.42 Å². The van der Waals surface area contributed by atoms with Crippen molar-refractivity contribution in [2.24, 2.45) is 0 Å². The monoisotopic (exact) mass is 538 g/mol. The van der Waals surface area contributed by atoms with Crippen LogP contribution in [0.25, 0.3) is 0 Å². The van der Waals surface area contributed by atoms with Crippen molar-refractivity contribution in [1.29, 1.82) is 0 Å². The van der Waals surface area contributed by atoms with E-state index in [1.54, 1.807) is 0 Å². The van der Waals surface area contributed by atoms with Crippen LogP contribution in [-0.2, 0) is 18.7 Å². The topological polar surface area (TPSA) is 82.1 Å². The van der Waals surface area contributed by atoms with E-state index in [9.17, 15) is 14.5 Å². The lowest BCUT2D eigenvalue weighted by molar-refractivity contribution is -0.245. The summed E-state index contributed by atoms with van der Waals surface area (Å²) in [6.07, 6.45) is 21.8. The Morgan fingerprint density at radius 1 is 0.771 bits per heavy atom. The van der Waals surface area contributed by atoms with E-state index in [2.05, 4.69) is 13.8 Å². The van der Waals surface area contributed by atoms with Crippen LogP contribution in [-0.4, -0.2) is 34.5 Å². The molecule has 0 heterocycles. The van der Waals surface area contributed by atoms with Crippen LogP contribution in [0.15, 0.2) is 0 Å². The zero-order valence-electron chi connectivity index (χ0n) is 23.1. The van der Waals surface area contributed by atoms with E-state index >= 15 is 0 Å². The molecule has 0 aromatic carbocycles. The standard InChI is InChI=1S/C27H55O6PS/c1-5-8-10-12-13-14-15-16-17-19-21-24-35-26(22-20-18-11-9-6-2)25(4)32-33-34(30,27(28)29)31-23-7-3/h25-26H,5-24H2,1-4H3,(H,28,29). The number of unbranched alkanes of at least 4 members (excludes halogenated alkanes) is 14. The highest BCUT2D eigenvalue weighted by molar-refractivity contribution is 7.99. The Kier molecular flexibility index (Phi) is 24.2. The van der Waals surface area contributed by atoms with Crippen LogP contribution in [0.1, 0.15) is 143 Å². The van der Waals surface area contributed by atoms with E-state index < -0.39 is 13.3 Å². The fourth-order valence-corrected chi connectivity index (χ4v) is 6.12. The summed E-state index contributed by atoms with van der Waals surface area (Å²) in [6.45, 7) is 8.21. The summed E-state index contributed by atoms with van der Waals surface area (Å²) in [5, 5.41) is 9.44. The maximum atomic E-state index is 12.4. The van der Waals surface area contributed by atoms with Crippen molar-refractivity contribution in [2.75, 3.05) is 12.4 Å². The van der Waals surface area contributed by atoms with Gasteiger partial charge in [-0.25, -0.2) is 14.2 Å². The van der Waals surface area contributed by atoms with Gasteiger partial charge >= 0.3 is 13.3 Å². The number of hydrogen-bond donors (Lipinski definition) is 1. The van der Waals surface area contributed by atoms with Crippen LogP contribution in [0, 0.1) is 0 Å². The van der Waals surface area contributed by atoms with Gasteiger partial charge in [0, 0.05) is 5.25 Å². The van der Waals surface area contributed by atoms with Gasteiger partial charge in [-0.1, -0.05) is 117 Å². The van der Waals surface area contributed by atoms with Gasteiger partial charge in [0.1, 0.15) is 6.10 Å². The molecule has 0 rings (SSSR count). The molecule has 0 aliphatic heterocycles. The first-order chi connectivity index (χ1) is 16.9. The first-order valence-corrected chi connectivity index (χ1v) is 16.9. The maximum absolute atomic E-state index is 12.4. The summed E-state index contributed by atoms with van der Waals surface area (Å²) >= 11 is 1.87. The molecule has 0 amide bonds. The molecular formula is C27H55O6PS. The number of hydrogen-bond acceptors (Lipinski definition) is 6. The van der Waals surface area contributed by atoms with Gasteiger partial charge in [0.15, 0.2) is 0 Å². The summed E-state index contributed by atoms with van der Waals surface area (Å²) < 4.78 is 22.3. The van der Waals surface area contributed by atoms with E-state index in [1.807, 2.05) is 25.6 Å². The fourth-order valence-electron chi connectivity index (χ4n) is 3.91. The van der Waals surface area contributed by atoms with E-state index in [-0.39, 0.29) is 18.0 Å². The Labute approximate surface area is 220 Å².